The molecule has 0 spiro atoms. The molecule has 2 amide bonds. The molecule has 2 rings (SSSR count). The number of hydrogen-bond acceptors (Lipinski definition) is 3. The molecule has 0 unspecified atom stereocenters. The number of hydrogen-bond donors (Lipinski definition) is 3. The zero-order valence-electron chi connectivity index (χ0n) is 12.4. The topological polar surface area (TPSA) is 92.4 Å². The van der Waals surface area contributed by atoms with E-state index in [2.05, 4.69) is 5.32 Å². The predicted molar refractivity (Wildman–Crippen MR) is 88.7 cm³/mol. The maximum atomic E-state index is 12.0. The highest BCUT2D eigenvalue weighted by atomic mass is 35.5. The quantitative estimate of drug-likeness (QED) is 0.710. The van der Waals surface area contributed by atoms with E-state index >= 15 is 0 Å². The highest BCUT2D eigenvalue weighted by Crippen LogP contribution is 2.17. The molecule has 0 radical (unpaired) electrons. The van der Waals surface area contributed by atoms with Crippen LogP contribution in [-0.2, 0) is 6.42 Å². The summed E-state index contributed by atoms with van der Waals surface area (Å²) in [4.78, 5) is 23.3. The van der Waals surface area contributed by atoms with Gasteiger partial charge in [-0.05, 0) is 48.7 Å². The van der Waals surface area contributed by atoms with Crippen molar-refractivity contribution in [1.29, 1.82) is 0 Å². The first-order valence-electron chi connectivity index (χ1n) is 7.13. The average molecular weight is 333 g/mol. The van der Waals surface area contributed by atoms with Crippen molar-refractivity contribution < 1.29 is 14.7 Å². The number of benzene rings is 2. The summed E-state index contributed by atoms with van der Waals surface area (Å²) in [5, 5.41) is 12.4. The number of nitrogens with two attached hydrogens (primary N) is 1. The fourth-order valence-electron chi connectivity index (χ4n) is 2.16. The molecule has 0 saturated heterocycles. The number of nitrogens with one attached hydrogen (secondary N) is 1. The molecule has 23 heavy (non-hydrogen) atoms. The number of phenolic OH excluding ortho intramolecular Hbond substituents is 1. The predicted octanol–water partition coefficient (Wildman–Crippen LogP) is 2.51. The Morgan fingerprint density at radius 1 is 1.17 bits per heavy atom. The third-order valence-electron chi connectivity index (χ3n) is 3.33. The SMILES string of the molecule is NC(=O)c1cc(C(=O)NCCCc2cccc(O)c2)ccc1Cl. The van der Waals surface area contributed by atoms with Crippen LogP contribution in [0.3, 0.4) is 0 Å². The van der Waals surface area contributed by atoms with Gasteiger partial charge in [-0.2, -0.15) is 0 Å². The zero-order chi connectivity index (χ0) is 16.8. The molecule has 120 valence electrons. The molecule has 0 heterocycles. The monoisotopic (exact) mass is 332 g/mol. The smallest absolute Gasteiger partial charge is 0.251 e. The Morgan fingerprint density at radius 3 is 2.65 bits per heavy atom. The summed E-state index contributed by atoms with van der Waals surface area (Å²) < 4.78 is 0. The number of aromatic hydroxyl groups is 1. The highest BCUT2D eigenvalue weighted by molar-refractivity contribution is 6.34. The van der Waals surface area contributed by atoms with Crippen molar-refractivity contribution in [3.8, 4) is 5.75 Å². The molecule has 0 aliphatic rings. The van der Waals surface area contributed by atoms with Crippen molar-refractivity contribution in [1.82, 2.24) is 5.32 Å². The Bertz CT molecular complexity index is 732. The molecule has 0 aromatic heterocycles. The second-order valence-corrected chi connectivity index (χ2v) is 5.50. The Kier molecular flexibility index (Phi) is 5.60. The third-order valence-corrected chi connectivity index (χ3v) is 3.66. The lowest BCUT2D eigenvalue weighted by Crippen LogP contribution is -2.25. The van der Waals surface area contributed by atoms with Gasteiger partial charge in [0.25, 0.3) is 5.91 Å². The van der Waals surface area contributed by atoms with Gasteiger partial charge in [-0.3, -0.25) is 9.59 Å². The summed E-state index contributed by atoms with van der Waals surface area (Å²) in [6.45, 7) is 0.475. The number of carbonyl (C=O) groups is 2. The third kappa shape index (κ3) is 4.72. The average Bonchev–Trinajstić information content (AvgIpc) is 2.51. The van der Waals surface area contributed by atoms with Crippen molar-refractivity contribution in [2.75, 3.05) is 6.54 Å². The lowest BCUT2D eigenvalue weighted by molar-refractivity contribution is 0.0953. The largest absolute Gasteiger partial charge is 0.508 e. The molecule has 0 aliphatic heterocycles. The van der Waals surface area contributed by atoms with Crippen LogP contribution in [0.2, 0.25) is 5.02 Å². The van der Waals surface area contributed by atoms with Gasteiger partial charge in [-0.1, -0.05) is 23.7 Å². The molecule has 0 fully saturated rings. The minimum absolute atomic E-state index is 0.124. The van der Waals surface area contributed by atoms with Crippen LogP contribution in [0.1, 0.15) is 32.7 Å². The summed E-state index contributed by atoms with van der Waals surface area (Å²) in [5.74, 6) is -0.736. The Morgan fingerprint density at radius 2 is 1.96 bits per heavy atom. The maximum absolute atomic E-state index is 12.0. The van der Waals surface area contributed by atoms with E-state index in [1.165, 1.54) is 12.1 Å². The number of halogens is 1. The van der Waals surface area contributed by atoms with Crippen LogP contribution in [0.15, 0.2) is 42.5 Å². The van der Waals surface area contributed by atoms with E-state index in [4.69, 9.17) is 17.3 Å². The van der Waals surface area contributed by atoms with E-state index in [0.29, 0.717) is 12.1 Å². The molecule has 5 nitrogen and oxygen atoms in total. The normalized spacial score (nSPS) is 10.3. The van der Waals surface area contributed by atoms with E-state index in [0.717, 1.165) is 18.4 Å². The molecule has 2 aromatic carbocycles. The molecular weight excluding hydrogens is 316 g/mol. The Balaban J connectivity index is 1.88. The molecule has 0 bridgehead atoms. The second-order valence-electron chi connectivity index (χ2n) is 5.09. The van der Waals surface area contributed by atoms with Gasteiger partial charge in [-0.25, -0.2) is 0 Å². The molecule has 2 aromatic rings. The minimum Gasteiger partial charge on any atom is -0.508 e. The number of amides is 2. The molecule has 0 aliphatic carbocycles. The van der Waals surface area contributed by atoms with Crippen molar-refractivity contribution in [2.45, 2.75) is 12.8 Å². The Hall–Kier alpha value is -2.53. The zero-order valence-corrected chi connectivity index (χ0v) is 13.1. The highest BCUT2D eigenvalue weighted by Gasteiger charge is 2.11. The first kappa shape index (κ1) is 16.8. The van der Waals surface area contributed by atoms with Crippen LogP contribution in [-0.4, -0.2) is 23.5 Å². The molecule has 0 atom stereocenters. The number of aryl methyl sites for hydroxylation is 1. The molecule has 0 saturated carbocycles. The van der Waals surface area contributed by atoms with Gasteiger partial charge in [-0.15, -0.1) is 0 Å². The van der Waals surface area contributed by atoms with Gasteiger partial charge in [0.1, 0.15) is 5.75 Å². The second kappa shape index (κ2) is 7.65. The van der Waals surface area contributed by atoms with Crippen LogP contribution in [0.25, 0.3) is 0 Å². The van der Waals surface area contributed by atoms with E-state index in [9.17, 15) is 14.7 Å². The van der Waals surface area contributed by atoms with Gasteiger partial charge >= 0.3 is 0 Å². The summed E-state index contributed by atoms with van der Waals surface area (Å²) >= 11 is 5.85. The molecule has 4 N–H and O–H groups in total. The van der Waals surface area contributed by atoms with Crippen LogP contribution in [0, 0.1) is 0 Å². The maximum Gasteiger partial charge on any atom is 0.251 e. The minimum atomic E-state index is -0.673. The first-order chi connectivity index (χ1) is 11.0. The van der Waals surface area contributed by atoms with Crippen LogP contribution >= 0.6 is 11.6 Å². The lowest BCUT2D eigenvalue weighted by Gasteiger charge is -2.07. The van der Waals surface area contributed by atoms with Crippen molar-refractivity contribution in [2.24, 2.45) is 5.73 Å². The first-order valence-corrected chi connectivity index (χ1v) is 7.50. The van der Waals surface area contributed by atoms with Crippen molar-refractivity contribution in [3.63, 3.8) is 0 Å². The molecular formula is C17H17ClN2O3. The van der Waals surface area contributed by atoms with Gasteiger partial charge in [0.15, 0.2) is 0 Å². The fourth-order valence-corrected chi connectivity index (χ4v) is 2.37. The summed E-state index contributed by atoms with van der Waals surface area (Å²) in [7, 11) is 0. The van der Waals surface area contributed by atoms with Gasteiger partial charge < -0.3 is 16.2 Å². The van der Waals surface area contributed by atoms with Crippen LogP contribution in [0.5, 0.6) is 5.75 Å². The van der Waals surface area contributed by atoms with E-state index in [1.807, 2.05) is 6.07 Å². The van der Waals surface area contributed by atoms with E-state index in [-0.39, 0.29) is 22.2 Å². The van der Waals surface area contributed by atoms with Crippen LogP contribution in [0.4, 0.5) is 0 Å². The van der Waals surface area contributed by atoms with Crippen LogP contribution < -0.4 is 11.1 Å². The number of primary amides is 1. The number of carbonyl (C=O) groups excluding carboxylic acids is 2. The Labute approximate surface area is 139 Å². The standard InChI is InChI=1S/C17H17ClN2O3/c18-15-7-6-12(10-14(15)16(19)22)17(23)20-8-2-4-11-3-1-5-13(21)9-11/h1,3,5-7,9-10,21H,2,4,8H2,(H2,19,22)(H,20,23). The van der Waals surface area contributed by atoms with Gasteiger partial charge in [0.05, 0.1) is 10.6 Å². The lowest BCUT2D eigenvalue weighted by atomic mass is 10.1. The van der Waals surface area contributed by atoms with E-state index < -0.39 is 5.91 Å². The van der Waals surface area contributed by atoms with E-state index in [1.54, 1.807) is 24.3 Å². The van der Waals surface area contributed by atoms with Crippen molar-refractivity contribution in [3.05, 3.63) is 64.2 Å². The summed E-state index contributed by atoms with van der Waals surface area (Å²) in [6, 6.07) is 11.4. The summed E-state index contributed by atoms with van der Waals surface area (Å²) in [6.07, 6.45) is 1.47. The fraction of sp³-hybridized carbons (Fsp3) is 0.176. The van der Waals surface area contributed by atoms with Gasteiger partial charge in [0, 0.05) is 12.1 Å². The summed E-state index contributed by atoms with van der Waals surface area (Å²) in [5.41, 5.74) is 6.67. The number of phenols is 1. The number of rotatable bonds is 6. The van der Waals surface area contributed by atoms with Gasteiger partial charge in [0.2, 0.25) is 5.91 Å². The van der Waals surface area contributed by atoms with Crippen molar-refractivity contribution >= 4 is 23.4 Å². The molecule has 6 heteroatoms.